The zero-order chi connectivity index (χ0) is 14.2. The molecule has 1 aliphatic rings. The van der Waals surface area contributed by atoms with Gasteiger partial charge in [0, 0.05) is 30.2 Å². The molecule has 1 N–H and O–H groups in total. The van der Waals surface area contributed by atoms with E-state index in [1.165, 1.54) is 0 Å². The van der Waals surface area contributed by atoms with Gasteiger partial charge in [0.2, 0.25) is 0 Å². The average Bonchev–Trinajstić information content (AvgIpc) is 2.46. The van der Waals surface area contributed by atoms with E-state index in [4.69, 9.17) is 0 Å². The van der Waals surface area contributed by atoms with E-state index in [1.54, 1.807) is 6.20 Å². The lowest BCUT2D eigenvalue weighted by atomic mass is 10.1. The highest BCUT2D eigenvalue weighted by Gasteiger charge is 2.23. The molecule has 3 rings (SSSR count). The molecule has 2 aromatic rings. The Morgan fingerprint density at radius 1 is 1.15 bits per heavy atom. The third-order valence-electron chi connectivity index (χ3n) is 3.67. The number of hydrogen-bond donors (Lipinski definition) is 1. The molecule has 1 saturated heterocycles. The van der Waals surface area contributed by atoms with Crippen molar-refractivity contribution in [3.63, 3.8) is 0 Å². The van der Waals surface area contributed by atoms with E-state index >= 15 is 0 Å². The summed E-state index contributed by atoms with van der Waals surface area (Å²) in [5.74, 6) is 1.14. The summed E-state index contributed by atoms with van der Waals surface area (Å²) >= 11 is 0. The second-order valence-corrected chi connectivity index (χ2v) is 7.25. The summed E-state index contributed by atoms with van der Waals surface area (Å²) in [6.45, 7) is 0.887. The highest BCUT2D eigenvalue weighted by molar-refractivity contribution is 7.91. The average molecular weight is 292 g/mol. The number of aromatic nitrogens is 1. The van der Waals surface area contributed by atoms with Crippen molar-refractivity contribution in [2.24, 2.45) is 0 Å². The van der Waals surface area contributed by atoms with Crippen LogP contribution in [0.25, 0.3) is 10.8 Å². The molecular formula is C14H16N2O3S. The van der Waals surface area contributed by atoms with Crippen LogP contribution >= 0.6 is 0 Å². The number of hydrogen-bond acceptors (Lipinski definition) is 5. The van der Waals surface area contributed by atoms with Gasteiger partial charge >= 0.3 is 0 Å². The van der Waals surface area contributed by atoms with Gasteiger partial charge < -0.3 is 10.0 Å². The van der Waals surface area contributed by atoms with Crippen molar-refractivity contribution in [3.8, 4) is 0 Å². The second-order valence-electron chi connectivity index (χ2n) is 4.95. The van der Waals surface area contributed by atoms with Crippen LogP contribution in [0.2, 0.25) is 0 Å². The van der Waals surface area contributed by atoms with Gasteiger partial charge in [-0.25, -0.2) is 13.4 Å². The minimum absolute atomic E-state index is 0.0534. The first-order chi connectivity index (χ1) is 9.61. The molecule has 0 saturated carbocycles. The van der Waals surface area contributed by atoms with Crippen molar-refractivity contribution in [2.75, 3.05) is 29.5 Å². The Balaban J connectivity index is 2.05. The SMILES string of the molecule is O=S1(=O)CCN(c2ncc(CO)c3ccccc23)CC1. The van der Waals surface area contributed by atoms with Crippen LogP contribution in [0.5, 0.6) is 0 Å². The second kappa shape index (κ2) is 5.03. The molecule has 0 unspecified atom stereocenters. The van der Waals surface area contributed by atoms with Gasteiger partial charge in [-0.1, -0.05) is 24.3 Å². The highest BCUT2D eigenvalue weighted by atomic mass is 32.2. The molecule has 0 radical (unpaired) electrons. The molecule has 0 atom stereocenters. The predicted molar refractivity (Wildman–Crippen MR) is 78.5 cm³/mol. The minimum atomic E-state index is -2.90. The first kappa shape index (κ1) is 13.3. The van der Waals surface area contributed by atoms with Gasteiger partial charge in [0.25, 0.3) is 0 Å². The molecular weight excluding hydrogens is 276 g/mol. The maximum atomic E-state index is 11.5. The number of fused-ring (bicyclic) bond motifs is 1. The Hall–Kier alpha value is -1.66. The molecule has 0 bridgehead atoms. The minimum Gasteiger partial charge on any atom is -0.392 e. The van der Waals surface area contributed by atoms with Crippen LogP contribution in [0, 0.1) is 0 Å². The van der Waals surface area contributed by atoms with Crippen LogP contribution in [0.1, 0.15) is 5.56 Å². The lowest BCUT2D eigenvalue weighted by Gasteiger charge is -2.29. The van der Waals surface area contributed by atoms with Crippen molar-refractivity contribution in [3.05, 3.63) is 36.0 Å². The molecule has 5 nitrogen and oxygen atoms in total. The zero-order valence-corrected chi connectivity index (χ0v) is 11.8. The van der Waals surface area contributed by atoms with Crippen molar-refractivity contribution in [1.29, 1.82) is 0 Å². The number of anilines is 1. The lowest BCUT2D eigenvalue weighted by molar-refractivity contribution is 0.283. The highest BCUT2D eigenvalue weighted by Crippen LogP contribution is 2.28. The summed E-state index contributed by atoms with van der Waals surface area (Å²) in [5, 5.41) is 11.3. The van der Waals surface area contributed by atoms with Crippen molar-refractivity contribution < 1.29 is 13.5 Å². The number of aliphatic hydroxyl groups is 1. The quantitative estimate of drug-likeness (QED) is 0.893. The summed E-state index contributed by atoms with van der Waals surface area (Å²) in [6, 6.07) is 7.76. The molecule has 2 heterocycles. The molecule has 6 heteroatoms. The monoisotopic (exact) mass is 292 g/mol. The fourth-order valence-electron chi connectivity index (χ4n) is 2.54. The van der Waals surface area contributed by atoms with E-state index in [1.807, 2.05) is 29.2 Å². The van der Waals surface area contributed by atoms with Crippen molar-refractivity contribution >= 4 is 26.4 Å². The molecule has 20 heavy (non-hydrogen) atoms. The Labute approximate surface area is 117 Å². The number of sulfone groups is 1. The van der Waals surface area contributed by atoms with Gasteiger partial charge in [0.15, 0.2) is 9.84 Å². The molecule has 1 aromatic carbocycles. The summed E-state index contributed by atoms with van der Waals surface area (Å²) in [4.78, 5) is 6.42. The fraction of sp³-hybridized carbons (Fsp3) is 0.357. The van der Waals surface area contributed by atoms with Crippen LogP contribution in [0.3, 0.4) is 0 Å². The third-order valence-corrected chi connectivity index (χ3v) is 5.28. The van der Waals surface area contributed by atoms with Crippen molar-refractivity contribution in [1.82, 2.24) is 4.98 Å². The fourth-order valence-corrected chi connectivity index (χ4v) is 3.74. The number of benzene rings is 1. The van der Waals surface area contributed by atoms with Gasteiger partial charge in [-0.15, -0.1) is 0 Å². The van der Waals surface area contributed by atoms with E-state index in [0.717, 1.165) is 22.2 Å². The number of aliphatic hydroxyl groups excluding tert-OH is 1. The molecule has 1 aliphatic heterocycles. The Kier molecular flexibility index (Phi) is 3.35. The molecule has 106 valence electrons. The van der Waals surface area contributed by atoms with Gasteiger partial charge in [-0.3, -0.25) is 0 Å². The van der Waals surface area contributed by atoms with Crippen LogP contribution < -0.4 is 4.90 Å². The van der Waals surface area contributed by atoms with E-state index in [-0.39, 0.29) is 18.1 Å². The van der Waals surface area contributed by atoms with Crippen molar-refractivity contribution in [2.45, 2.75) is 6.61 Å². The molecule has 0 spiro atoms. The first-order valence-corrected chi connectivity index (χ1v) is 8.36. The maximum Gasteiger partial charge on any atom is 0.153 e. The maximum absolute atomic E-state index is 11.5. The van der Waals surface area contributed by atoms with E-state index in [9.17, 15) is 13.5 Å². The molecule has 0 amide bonds. The van der Waals surface area contributed by atoms with Crippen LogP contribution in [0.4, 0.5) is 5.82 Å². The van der Waals surface area contributed by atoms with Crippen LogP contribution in [-0.2, 0) is 16.4 Å². The summed E-state index contributed by atoms with van der Waals surface area (Å²) < 4.78 is 23.0. The Morgan fingerprint density at radius 3 is 2.45 bits per heavy atom. The lowest BCUT2D eigenvalue weighted by Crippen LogP contribution is -2.40. The normalized spacial score (nSPS) is 18.4. The predicted octanol–water partition coefficient (Wildman–Crippen LogP) is 0.962. The van der Waals surface area contributed by atoms with E-state index in [2.05, 4.69) is 4.98 Å². The van der Waals surface area contributed by atoms with Gasteiger partial charge in [0.05, 0.1) is 18.1 Å². The zero-order valence-electron chi connectivity index (χ0n) is 11.0. The summed E-state index contributed by atoms with van der Waals surface area (Å²) in [6.07, 6.45) is 1.67. The summed E-state index contributed by atoms with van der Waals surface area (Å²) in [7, 11) is -2.90. The molecule has 1 aromatic heterocycles. The Bertz CT molecular complexity index is 729. The number of nitrogens with zero attached hydrogens (tertiary/aromatic N) is 2. The summed E-state index contributed by atoms with van der Waals surface area (Å²) in [5.41, 5.74) is 0.786. The van der Waals surface area contributed by atoms with E-state index < -0.39 is 9.84 Å². The van der Waals surface area contributed by atoms with Crippen LogP contribution in [0.15, 0.2) is 30.5 Å². The van der Waals surface area contributed by atoms with Crippen LogP contribution in [-0.4, -0.2) is 43.1 Å². The van der Waals surface area contributed by atoms with Gasteiger partial charge in [-0.2, -0.15) is 0 Å². The first-order valence-electron chi connectivity index (χ1n) is 6.53. The van der Waals surface area contributed by atoms with Gasteiger partial charge in [-0.05, 0) is 5.39 Å². The number of pyridine rings is 1. The smallest absolute Gasteiger partial charge is 0.153 e. The topological polar surface area (TPSA) is 70.5 Å². The Morgan fingerprint density at radius 2 is 1.80 bits per heavy atom. The third kappa shape index (κ3) is 2.36. The van der Waals surface area contributed by atoms with E-state index in [0.29, 0.717) is 13.1 Å². The molecule has 0 aliphatic carbocycles. The number of rotatable bonds is 2. The largest absolute Gasteiger partial charge is 0.392 e. The molecule has 1 fully saturated rings. The van der Waals surface area contributed by atoms with Gasteiger partial charge in [0.1, 0.15) is 5.82 Å². The standard InChI is InChI=1S/C14H16N2O3S/c17-10-11-9-15-14(13-4-2-1-3-12(11)13)16-5-7-20(18,19)8-6-16/h1-4,9,17H,5-8,10H2.